The molecule has 3 aromatic rings. The molecule has 3 heterocycles. The van der Waals surface area contributed by atoms with Crippen LogP contribution in [-0.4, -0.2) is 63.6 Å². The molecule has 7 nitrogen and oxygen atoms in total. The molecule has 0 spiro atoms. The summed E-state index contributed by atoms with van der Waals surface area (Å²) < 4.78 is 1.80. The van der Waals surface area contributed by atoms with Crippen molar-refractivity contribution in [1.29, 1.82) is 0 Å². The van der Waals surface area contributed by atoms with Crippen LogP contribution in [0.15, 0.2) is 42.6 Å². The van der Waals surface area contributed by atoms with Crippen molar-refractivity contribution in [2.24, 2.45) is 13.0 Å². The third-order valence-corrected chi connectivity index (χ3v) is 6.31. The molecule has 1 aliphatic heterocycles. The standard InChI is InChI=1S/C24H27N5O2.H2/c1-27(2)24(31)22-12-16-7-6-15(11-21(16)25-22)17-5-4-9-29(14-17)23(30)19-13-18(19)20-8-10-28(3)26-20;/h5-8,10-12,18-19,25H,4,9,13-14H2,1-3H3;1H/t18?,19-;/m1./s1. The van der Waals surface area contributed by atoms with Gasteiger partial charge in [0.2, 0.25) is 5.91 Å². The number of hydrogen-bond donors (Lipinski definition) is 1. The van der Waals surface area contributed by atoms with Gasteiger partial charge >= 0.3 is 0 Å². The predicted octanol–water partition coefficient (Wildman–Crippen LogP) is 3.27. The average Bonchev–Trinajstić information content (AvgIpc) is 3.26. The van der Waals surface area contributed by atoms with Gasteiger partial charge in [-0.1, -0.05) is 18.2 Å². The summed E-state index contributed by atoms with van der Waals surface area (Å²) in [6.07, 6.45) is 5.91. The van der Waals surface area contributed by atoms with Crippen molar-refractivity contribution in [3.05, 3.63) is 59.6 Å². The summed E-state index contributed by atoms with van der Waals surface area (Å²) in [4.78, 5) is 32.1. The van der Waals surface area contributed by atoms with Gasteiger partial charge in [-0.3, -0.25) is 14.3 Å². The summed E-state index contributed by atoms with van der Waals surface area (Å²) in [5.74, 6) is 0.505. The van der Waals surface area contributed by atoms with Gasteiger partial charge in [-0.25, -0.2) is 0 Å². The van der Waals surface area contributed by atoms with Gasteiger partial charge in [-0.05, 0) is 42.2 Å². The van der Waals surface area contributed by atoms with E-state index in [1.54, 1.807) is 23.7 Å². The second-order valence-corrected chi connectivity index (χ2v) is 8.83. The molecule has 162 valence electrons. The molecule has 2 aliphatic rings. The van der Waals surface area contributed by atoms with E-state index in [2.05, 4.69) is 28.3 Å². The number of carbonyl (C=O) groups excluding carboxylic acids is 2. The SMILES string of the molecule is CN(C)C(=O)c1cc2ccc(C3=CCCN(C(=O)[C@@H]4CC4c4ccn(C)n4)C3)cc2[nH]1.[HH]. The zero-order valence-corrected chi connectivity index (χ0v) is 18.1. The number of aromatic nitrogens is 3. The summed E-state index contributed by atoms with van der Waals surface area (Å²) in [7, 11) is 5.40. The molecule has 1 unspecified atom stereocenters. The highest BCUT2D eigenvalue weighted by atomic mass is 16.2. The van der Waals surface area contributed by atoms with E-state index in [-0.39, 0.29) is 25.1 Å². The molecule has 1 aromatic carbocycles. The summed E-state index contributed by atoms with van der Waals surface area (Å²) in [6, 6.07) is 10.1. The van der Waals surface area contributed by atoms with Gasteiger partial charge in [0.05, 0.1) is 5.69 Å². The quantitative estimate of drug-likeness (QED) is 0.705. The van der Waals surface area contributed by atoms with Crippen LogP contribution in [0.2, 0.25) is 0 Å². The summed E-state index contributed by atoms with van der Waals surface area (Å²) >= 11 is 0. The smallest absolute Gasteiger partial charge is 0.269 e. The molecular weight excluding hydrogens is 390 g/mol. The van der Waals surface area contributed by atoms with Crippen LogP contribution < -0.4 is 0 Å². The molecule has 7 heteroatoms. The van der Waals surface area contributed by atoms with Crippen LogP contribution in [0.1, 0.15) is 41.9 Å². The lowest BCUT2D eigenvalue weighted by Gasteiger charge is -2.28. The van der Waals surface area contributed by atoms with E-state index >= 15 is 0 Å². The fourth-order valence-electron chi connectivity index (χ4n) is 4.48. The first-order chi connectivity index (χ1) is 14.9. The van der Waals surface area contributed by atoms with Crippen LogP contribution in [0, 0.1) is 5.92 Å². The van der Waals surface area contributed by atoms with E-state index in [9.17, 15) is 9.59 Å². The average molecular weight is 420 g/mol. The lowest BCUT2D eigenvalue weighted by atomic mass is 9.99. The Morgan fingerprint density at radius 2 is 2.06 bits per heavy atom. The lowest BCUT2D eigenvalue weighted by molar-refractivity contribution is -0.132. The number of aromatic amines is 1. The van der Waals surface area contributed by atoms with Gasteiger partial charge in [-0.15, -0.1) is 0 Å². The molecule has 1 aliphatic carbocycles. The van der Waals surface area contributed by atoms with E-state index in [4.69, 9.17) is 0 Å². The Hall–Kier alpha value is -3.35. The van der Waals surface area contributed by atoms with Crippen LogP contribution in [0.25, 0.3) is 16.5 Å². The first-order valence-corrected chi connectivity index (χ1v) is 10.7. The number of fused-ring (bicyclic) bond motifs is 1. The highest BCUT2D eigenvalue weighted by Gasteiger charge is 2.47. The maximum absolute atomic E-state index is 13.1. The van der Waals surface area contributed by atoms with E-state index in [1.807, 2.05) is 36.3 Å². The van der Waals surface area contributed by atoms with Crippen molar-refractivity contribution >= 4 is 28.3 Å². The second kappa shape index (κ2) is 7.41. The van der Waals surface area contributed by atoms with Crippen molar-refractivity contribution in [3.63, 3.8) is 0 Å². The van der Waals surface area contributed by atoms with Crippen molar-refractivity contribution in [2.75, 3.05) is 27.2 Å². The van der Waals surface area contributed by atoms with Crippen molar-refractivity contribution in [1.82, 2.24) is 24.6 Å². The highest BCUT2D eigenvalue weighted by molar-refractivity contribution is 5.98. The summed E-state index contributed by atoms with van der Waals surface area (Å²) in [5, 5.41) is 5.48. The second-order valence-electron chi connectivity index (χ2n) is 8.83. The van der Waals surface area contributed by atoms with Crippen molar-refractivity contribution in [3.8, 4) is 0 Å². The molecule has 2 atom stereocenters. The monoisotopic (exact) mass is 419 g/mol. The maximum atomic E-state index is 13.1. The van der Waals surface area contributed by atoms with E-state index in [0.29, 0.717) is 12.2 Å². The molecule has 1 fully saturated rings. The van der Waals surface area contributed by atoms with Gasteiger partial charge in [0.25, 0.3) is 5.91 Å². The van der Waals surface area contributed by atoms with Crippen molar-refractivity contribution in [2.45, 2.75) is 18.8 Å². The van der Waals surface area contributed by atoms with Crippen molar-refractivity contribution < 1.29 is 11.0 Å². The first-order valence-electron chi connectivity index (χ1n) is 10.7. The van der Waals surface area contributed by atoms with Gasteiger partial charge < -0.3 is 14.8 Å². The largest absolute Gasteiger partial charge is 0.351 e. The minimum absolute atomic E-state index is 0. The molecule has 1 saturated carbocycles. The summed E-state index contributed by atoms with van der Waals surface area (Å²) in [5.41, 5.74) is 4.79. The number of nitrogens with zero attached hydrogens (tertiary/aromatic N) is 4. The number of carbonyl (C=O) groups is 2. The zero-order valence-electron chi connectivity index (χ0n) is 18.1. The van der Waals surface area contributed by atoms with Gasteiger partial charge in [0, 0.05) is 64.6 Å². The minimum atomic E-state index is -0.0432. The Balaban J connectivity index is 0.00000245. The molecule has 0 bridgehead atoms. The topological polar surface area (TPSA) is 74.2 Å². The zero-order chi connectivity index (χ0) is 21.7. The Kier molecular flexibility index (Phi) is 4.68. The van der Waals surface area contributed by atoms with E-state index < -0.39 is 0 Å². The normalized spacial score (nSPS) is 20.6. The third-order valence-electron chi connectivity index (χ3n) is 6.31. The van der Waals surface area contributed by atoms with Crippen LogP contribution in [-0.2, 0) is 11.8 Å². The Morgan fingerprint density at radius 3 is 2.81 bits per heavy atom. The maximum Gasteiger partial charge on any atom is 0.269 e. The van der Waals surface area contributed by atoms with Crippen LogP contribution in [0.5, 0.6) is 0 Å². The molecule has 0 radical (unpaired) electrons. The van der Waals surface area contributed by atoms with Gasteiger partial charge in [0.15, 0.2) is 0 Å². The fourth-order valence-corrected chi connectivity index (χ4v) is 4.48. The highest BCUT2D eigenvalue weighted by Crippen LogP contribution is 2.48. The number of benzene rings is 1. The molecule has 0 saturated heterocycles. The van der Waals surface area contributed by atoms with Crippen LogP contribution in [0.4, 0.5) is 0 Å². The van der Waals surface area contributed by atoms with Crippen LogP contribution in [0.3, 0.4) is 0 Å². The number of H-pyrrole nitrogens is 1. The number of nitrogens with one attached hydrogen (secondary N) is 1. The van der Waals surface area contributed by atoms with Gasteiger partial charge in [-0.2, -0.15) is 5.10 Å². The molecule has 1 N–H and O–H groups in total. The number of aryl methyl sites for hydroxylation is 1. The molecular formula is C24H29N5O2. The van der Waals surface area contributed by atoms with Crippen LogP contribution >= 0.6 is 0 Å². The Bertz CT molecular complexity index is 1210. The number of rotatable bonds is 4. The van der Waals surface area contributed by atoms with E-state index in [0.717, 1.165) is 47.1 Å². The summed E-state index contributed by atoms with van der Waals surface area (Å²) in [6.45, 7) is 1.39. The molecule has 2 amide bonds. The molecule has 5 rings (SSSR count). The minimum Gasteiger partial charge on any atom is -0.351 e. The lowest BCUT2D eigenvalue weighted by Crippen LogP contribution is -2.36. The predicted molar refractivity (Wildman–Crippen MR) is 122 cm³/mol. The Morgan fingerprint density at radius 1 is 1.23 bits per heavy atom. The number of hydrogen-bond acceptors (Lipinski definition) is 3. The van der Waals surface area contributed by atoms with Gasteiger partial charge in [0.1, 0.15) is 5.69 Å². The Labute approximate surface area is 182 Å². The fraction of sp³-hybridized carbons (Fsp3) is 0.375. The molecule has 31 heavy (non-hydrogen) atoms. The van der Waals surface area contributed by atoms with E-state index in [1.165, 1.54) is 0 Å². The number of amides is 2. The third kappa shape index (κ3) is 3.65. The first kappa shape index (κ1) is 19.6. The molecule has 2 aromatic heterocycles.